The molecule has 0 spiro atoms. The molecule has 7 aromatic rings. The van der Waals surface area contributed by atoms with Crippen molar-refractivity contribution < 1.29 is 37.5 Å². The van der Waals surface area contributed by atoms with Gasteiger partial charge in [0.15, 0.2) is 17.3 Å². The van der Waals surface area contributed by atoms with E-state index in [1.54, 1.807) is 30.7 Å². The van der Waals surface area contributed by atoms with Crippen molar-refractivity contribution >= 4 is 38.1 Å². The number of rotatable bonds is 21. The van der Waals surface area contributed by atoms with Gasteiger partial charge in [-0.2, -0.15) is 10.2 Å². The molecule has 5 atom stereocenters. The van der Waals surface area contributed by atoms with Crippen LogP contribution in [0.2, 0.25) is 0 Å². The maximum absolute atomic E-state index is 14.8. The first kappa shape index (κ1) is 53.5. The van der Waals surface area contributed by atoms with E-state index in [9.17, 15) is 14.9 Å². The van der Waals surface area contributed by atoms with E-state index in [0.717, 1.165) is 38.9 Å². The average molecular weight is 1050 g/mol. The van der Waals surface area contributed by atoms with Crippen molar-refractivity contribution in [2.45, 2.75) is 82.1 Å². The van der Waals surface area contributed by atoms with Gasteiger partial charge in [0.25, 0.3) is 14.1 Å². The van der Waals surface area contributed by atoms with E-state index in [1.807, 2.05) is 149 Å². The van der Waals surface area contributed by atoms with Gasteiger partial charge in [-0.1, -0.05) is 121 Å². The highest BCUT2D eigenvalue weighted by atomic mass is 31.2. The number of carbonyl (C=O) groups is 1. The summed E-state index contributed by atoms with van der Waals surface area (Å²) in [7, 11) is 3.21. The fourth-order valence-corrected chi connectivity index (χ4v) is 11.9. The standard InChI is InChI=1S/C58H63N8O9P/c1-38(2)66(39(3)4)76(73-32-18-31-59)75-53-50(35-72-58(40-19-10-8-11-20-40,41-21-12-9-13-22-41)42-27-29-43(69-7)30-28-42)70-34-49(65-37-60-51-54(65)62-56(63-55(51)67)61-36-64(5)6)52(53)74-57(68)71-33-48-46-25-16-14-23-44(46)45-24-15-17-26-47(45)48/h8-17,19-30,36-39,48-50,52-53H,18,32-35H2,1-7H3,(H,62,63,67)/b61-36+/t49-,50-,52+,53-,76?/m1/s1. The number of fused-ring (bicyclic) bond motifs is 4. The number of nitrogens with zero attached hydrogens (tertiary/aromatic N) is 7. The molecule has 1 unspecified atom stereocenters. The molecule has 18 heteroatoms. The number of aromatic nitrogens is 4. The smallest absolute Gasteiger partial charge is 0.497 e. The summed E-state index contributed by atoms with van der Waals surface area (Å²) in [6.07, 6.45) is -1.24. The number of hydrogen-bond acceptors (Lipinski definition) is 14. The van der Waals surface area contributed by atoms with Crippen LogP contribution < -0.4 is 10.3 Å². The quantitative estimate of drug-likeness (QED) is 0.0179. The lowest BCUT2D eigenvalue weighted by Crippen LogP contribution is -2.56. The van der Waals surface area contributed by atoms with Gasteiger partial charge in [-0.15, -0.1) is 0 Å². The number of imidazole rings is 1. The van der Waals surface area contributed by atoms with Crippen LogP contribution in [0.3, 0.4) is 0 Å². The number of hydrogen-bond donors (Lipinski definition) is 1. The van der Waals surface area contributed by atoms with Crippen LogP contribution in [0.15, 0.2) is 150 Å². The molecule has 1 aliphatic heterocycles. The van der Waals surface area contributed by atoms with Crippen LogP contribution in [0.1, 0.15) is 73.9 Å². The number of nitrogens with one attached hydrogen (secondary N) is 1. The van der Waals surface area contributed by atoms with Gasteiger partial charge in [0, 0.05) is 32.1 Å². The van der Waals surface area contributed by atoms with E-state index >= 15 is 0 Å². The second-order valence-corrected chi connectivity index (χ2v) is 20.7. The van der Waals surface area contributed by atoms with Crippen LogP contribution in [0, 0.1) is 11.3 Å². The van der Waals surface area contributed by atoms with Gasteiger partial charge >= 0.3 is 6.16 Å². The lowest BCUT2D eigenvalue weighted by atomic mass is 9.80. The number of aliphatic imine (C=N–C) groups is 1. The third-order valence-corrected chi connectivity index (χ3v) is 15.6. The minimum Gasteiger partial charge on any atom is -0.497 e. The van der Waals surface area contributed by atoms with Crippen LogP contribution >= 0.6 is 8.53 Å². The SMILES string of the molecule is COc1ccc(C(OC[C@H]2OC[C@@H](n3cnc4c(=O)[nH]c(/N=C/N(C)C)nc43)[C@H](OC(=O)OCC3c4ccccc4-c4ccccc43)[C@@H]2OP(OCCC#N)N(C(C)C)C(C)C)(c2ccccc2)c2ccccc2)cc1. The largest absolute Gasteiger partial charge is 0.508 e. The molecule has 2 aromatic heterocycles. The van der Waals surface area contributed by atoms with Crippen molar-refractivity contribution in [3.8, 4) is 22.9 Å². The molecule has 0 radical (unpaired) electrons. The predicted octanol–water partition coefficient (Wildman–Crippen LogP) is 10.3. The maximum atomic E-state index is 14.8. The molecule has 17 nitrogen and oxygen atoms in total. The van der Waals surface area contributed by atoms with Gasteiger partial charge in [-0.3, -0.25) is 9.78 Å². The number of nitriles is 1. The number of methoxy groups -OCH3 is 1. The van der Waals surface area contributed by atoms with Crippen molar-refractivity contribution in [3.05, 3.63) is 178 Å². The Morgan fingerprint density at radius 3 is 2.07 bits per heavy atom. The summed E-state index contributed by atoms with van der Waals surface area (Å²) < 4.78 is 50.6. The molecule has 1 fully saturated rings. The van der Waals surface area contributed by atoms with Crippen molar-refractivity contribution in [2.24, 2.45) is 4.99 Å². The number of benzene rings is 5. The number of carbonyl (C=O) groups excluding carboxylic acids is 1. The summed E-state index contributed by atoms with van der Waals surface area (Å²) in [4.78, 5) is 46.5. The Labute approximate surface area is 444 Å². The second-order valence-electron chi connectivity index (χ2n) is 19.3. The molecule has 1 N–H and O–H groups in total. The molecule has 5 aromatic carbocycles. The molecule has 2 aliphatic rings. The van der Waals surface area contributed by atoms with Gasteiger partial charge in [0.2, 0.25) is 5.95 Å². The molecule has 0 amide bonds. The average Bonchev–Trinajstić information content (AvgIpc) is 4.05. The zero-order chi connectivity index (χ0) is 53.3. The highest BCUT2D eigenvalue weighted by Gasteiger charge is 2.50. The molecule has 3 heterocycles. The molecular weight excluding hydrogens is 984 g/mol. The van der Waals surface area contributed by atoms with E-state index in [4.69, 9.17) is 37.7 Å². The van der Waals surface area contributed by atoms with Crippen LogP contribution in [-0.4, -0.2) is 120 Å². The first-order chi connectivity index (χ1) is 36.9. The van der Waals surface area contributed by atoms with Gasteiger partial charge in [-0.25, -0.2) is 19.4 Å². The number of H-pyrrole nitrogens is 1. The summed E-state index contributed by atoms with van der Waals surface area (Å²) in [5.74, 6) is 0.447. The molecular formula is C58H63N8O9P. The Hall–Kier alpha value is -7.29. The second kappa shape index (κ2) is 24.1. The van der Waals surface area contributed by atoms with Crippen LogP contribution in [-0.2, 0) is 33.6 Å². The Bertz CT molecular complexity index is 3110. The summed E-state index contributed by atoms with van der Waals surface area (Å²) in [6.45, 7) is 7.99. The first-order valence-electron chi connectivity index (χ1n) is 25.4. The van der Waals surface area contributed by atoms with E-state index in [-0.39, 0.29) is 68.0 Å². The number of aromatic amines is 1. The highest BCUT2D eigenvalue weighted by molar-refractivity contribution is 7.44. The molecule has 76 heavy (non-hydrogen) atoms. The van der Waals surface area contributed by atoms with Crippen LogP contribution in [0.25, 0.3) is 22.3 Å². The van der Waals surface area contributed by atoms with E-state index in [1.165, 1.54) is 12.7 Å². The monoisotopic (exact) mass is 1050 g/mol. The first-order valence-corrected chi connectivity index (χ1v) is 26.5. The summed E-state index contributed by atoms with van der Waals surface area (Å²) in [6, 6.07) is 44.9. The lowest BCUT2D eigenvalue weighted by Gasteiger charge is -2.46. The third-order valence-electron chi connectivity index (χ3n) is 13.5. The Kier molecular flexibility index (Phi) is 17.0. The molecule has 0 bridgehead atoms. The minimum absolute atomic E-state index is 0.0199. The van der Waals surface area contributed by atoms with Crippen molar-refractivity contribution in [3.63, 3.8) is 0 Å². The summed E-state index contributed by atoms with van der Waals surface area (Å²) >= 11 is 0. The Balaban J connectivity index is 1.17. The van der Waals surface area contributed by atoms with E-state index in [2.05, 4.69) is 37.8 Å². The molecule has 1 saturated heterocycles. The van der Waals surface area contributed by atoms with Gasteiger partial charge in [0.1, 0.15) is 30.2 Å². The molecule has 0 saturated carbocycles. The van der Waals surface area contributed by atoms with Gasteiger partial charge in [0.05, 0.1) is 58.1 Å². The molecule has 9 rings (SSSR count). The van der Waals surface area contributed by atoms with Gasteiger partial charge < -0.3 is 42.2 Å². The van der Waals surface area contributed by atoms with E-state index < -0.39 is 50.2 Å². The zero-order valence-electron chi connectivity index (χ0n) is 43.7. The van der Waals surface area contributed by atoms with Crippen LogP contribution in [0.5, 0.6) is 5.75 Å². The third kappa shape index (κ3) is 11.3. The van der Waals surface area contributed by atoms with Gasteiger partial charge in [-0.05, 0) is 78.8 Å². The van der Waals surface area contributed by atoms with Crippen LogP contribution in [0.4, 0.5) is 10.7 Å². The zero-order valence-corrected chi connectivity index (χ0v) is 44.6. The van der Waals surface area contributed by atoms with Crippen molar-refractivity contribution in [2.75, 3.05) is 47.6 Å². The predicted molar refractivity (Wildman–Crippen MR) is 291 cm³/mol. The number of ether oxygens (including phenoxy) is 5. The summed E-state index contributed by atoms with van der Waals surface area (Å²) in [5.41, 5.74) is 5.17. The lowest BCUT2D eigenvalue weighted by molar-refractivity contribution is -0.183. The maximum Gasteiger partial charge on any atom is 0.508 e. The Morgan fingerprint density at radius 1 is 0.868 bits per heavy atom. The highest BCUT2D eigenvalue weighted by Crippen LogP contribution is 2.51. The van der Waals surface area contributed by atoms with Crippen molar-refractivity contribution in [1.82, 2.24) is 29.1 Å². The minimum atomic E-state index is -2.02. The normalized spacial score (nSPS) is 18.0. The topological polar surface area (TPSA) is 188 Å². The Morgan fingerprint density at radius 2 is 1.47 bits per heavy atom. The molecule has 394 valence electrons. The van der Waals surface area contributed by atoms with Crippen molar-refractivity contribution in [1.29, 1.82) is 5.26 Å². The fourth-order valence-electron chi connectivity index (χ4n) is 10.1. The summed E-state index contributed by atoms with van der Waals surface area (Å²) in [5, 5.41) is 9.72. The van der Waals surface area contributed by atoms with E-state index in [0.29, 0.717) is 5.75 Å². The molecule has 1 aliphatic carbocycles. The fraction of sp³-hybridized carbons (Fsp3) is 0.345.